The van der Waals surface area contributed by atoms with Crippen molar-refractivity contribution in [3.05, 3.63) is 12.0 Å². The molecule has 1 aromatic rings. The molecule has 0 aliphatic heterocycles. The third-order valence-corrected chi connectivity index (χ3v) is 4.31. The van der Waals surface area contributed by atoms with Gasteiger partial charge in [-0.2, -0.15) is 0 Å². The molecule has 1 aromatic heterocycles. The van der Waals surface area contributed by atoms with E-state index < -0.39 is 10.0 Å². The van der Waals surface area contributed by atoms with E-state index in [0.29, 0.717) is 24.8 Å². The molecule has 1 rings (SSSR count). The quantitative estimate of drug-likeness (QED) is 0.779. The Balaban J connectivity index is 2.74. The van der Waals surface area contributed by atoms with Crippen molar-refractivity contribution in [2.75, 3.05) is 12.4 Å². The number of hydrogen-bond donors (Lipinski definition) is 1. The molecule has 1 heterocycles. The van der Waals surface area contributed by atoms with Crippen LogP contribution >= 0.6 is 11.6 Å². The second kappa shape index (κ2) is 6.54. The highest BCUT2D eigenvalue weighted by Crippen LogP contribution is 2.10. The van der Waals surface area contributed by atoms with Gasteiger partial charge in [-0.3, -0.25) is 0 Å². The second-order valence-electron chi connectivity index (χ2n) is 4.35. The number of aromatic nitrogens is 2. The van der Waals surface area contributed by atoms with Gasteiger partial charge >= 0.3 is 0 Å². The number of halogens is 1. The summed E-state index contributed by atoms with van der Waals surface area (Å²) in [7, 11) is -3.51. The van der Waals surface area contributed by atoms with Gasteiger partial charge in [-0.1, -0.05) is 6.92 Å². The highest BCUT2D eigenvalue weighted by Gasteiger charge is 2.19. The first-order valence-corrected chi connectivity index (χ1v) is 8.01. The molecule has 0 amide bonds. The predicted octanol–water partition coefficient (Wildman–Crippen LogP) is 1.75. The Morgan fingerprint density at radius 2 is 2.22 bits per heavy atom. The van der Waals surface area contributed by atoms with Crippen molar-refractivity contribution in [2.24, 2.45) is 5.92 Å². The Bertz CT molecular complexity index is 484. The molecule has 0 saturated heterocycles. The number of nitrogens with zero attached hydrogens (tertiary/aromatic N) is 2. The molecule has 7 heteroatoms. The molecule has 0 radical (unpaired) electrons. The Kier molecular flexibility index (Phi) is 5.62. The minimum Gasteiger partial charge on any atom is -0.334 e. The van der Waals surface area contributed by atoms with E-state index in [9.17, 15) is 8.42 Å². The summed E-state index contributed by atoms with van der Waals surface area (Å²) in [4.78, 5) is 4.06. The van der Waals surface area contributed by atoms with E-state index in [2.05, 4.69) is 9.71 Å². The van der Waals surface area contributed by atoms with E-state index in [-0.39, 0.29) is 10.9 Å². The van der Waals surface area contributed by atoms with Gasteiger partial charge in [0.15, 0.2) is 5.03 Å². The summed E-state index contributed by atoms with van der Waals surface area (Å²) in [6, 6.07) is 0. The highest BCUT2D eigenvalue weighted by molar-refractivity contribution is 7.89. The monoisotopic (exact) mass is 293 g/mol. The molecule has 5 nitrogen and oxygen atoms in total. The summed E-state index contributed by atoms with van der Waals surface area (Å²) in [5.41, 5.74) is 0. The Morgan fingerprint density at radius 3 is 2.72 bits per heavy atom. The van der Waals surface area contributed by atoms with Crippen molar-refractivity contribution in [1.29, 1.82) is 0 Å². The van der Waals surface area contributed by atoms with Gasteiger partial charge in [-0.05, 0) is 26.2 Å². The molecule has 0 spiro atoms. The fraction of sp³-hybridized carbons (Fsp3) is 0.727. The van der Waals surface area contributed by atoms with Crippen LogP contribution in [0.5, 0.6) is 0 Å². The number of aryl methyl sites for hydroxylation is 2. The van der Waals surface area contributed by atoms with Crippen LogP contribution < -0.4 is 4.72 Å². The maximum atomic E-state index is 12.0. The minimum atomic E-state index is -3.51. The van der Waals surface area contributed by atoms with Crippen LogP contribution in [0.3, 0.4) is 0 Å². The molecule has 1 N–H and O–H groups in total. The van der Waals surface area contributed by atoms with E-state index in [1.165, 1.54) is 0 Å². The van der Waals surface area contributed by atoms with E-state index in [1.807, 2.05) is 13.8 Å². The van der Waals surface area contributed by atoms with Crippen molar-refractivity contribution in [2.45, 2.75) is 38.8 Å². The van der Waals surface area contributed by atoms with Crippen LogP contribution in [0.4, 0.5) is 0 Å². The molecule has 0 fully saturated rings. The fourth-order valence-corrected chi connectivity index (χ4v) is 3.09. The molecule has 0 saturated carbocycles. The number of alkyl halides is 1. The Morgan fingerprint density at radius 1 is 1.56 bits per heavy atom. The first kappa shape index (κ1) is 15.5. The van der Waals surface area contributed by atoms with E-state index >= 15 is 0 Å². The SMILES string of the molecule is CCn1cc(S(=O)(=O)NCC(C)CCCl)nc1C. The van der Waals surface area contributed by atoms with Crippen LogP contribution in [-0.4, -0.2) is 30.4 Å². The molecule has 104 valence electrons. The Labute approximate surface area is 114 Å². The lowest BCUT2D eigenvalue weighted by molar-refractivity contribution is 0.528. The predicted molar refractivity (Wildman–Crippen MR) is 72.3 cm³/mol. The van der Waals surface area contributed by atoms with Crippen molar-refractivity contribution in [3.8, 4) is 0 Å². The van der Waals surface area contributed by atoms with Gasteiger partial charge in [0.2, 0.25) is 0 Å². The van der Waals surface area contributed by atoms with Gasteiger partial charge in [0.05, 0.1) is 0 Å². The number of rotatable bonds is 7. The lowest BCUT2D eigenvalue weighted by Gasteiger charge is -2.10. The highest BCUT2D eigenvalue weighted by atomic mass is 35.5. The molecule has 1 unspecified atom stereocenters. The maximum absolute atomic E-state index is 12.0. The molecular formula is C11H20ClN3O2S. The molecule has 0 aliphatic carbocycles. The van der Waals surface area contributed by atoms with Crippen LogP contribution in [0.25, 0.3) is 0 Å². The van der Waals surface area contributed by atoms with E-state index in [0.717, 1.165) is 6.42 Å². The lowest BCUT2D eigenvalue weighted by Crippen LogP contribution is -2.28. The molecule has 1 atom stereocenters. The zero-order valence-electron chi connectivity index (χ0n) is 11.0. The van der Waals surface area contributed by atoms with Crippen LogP contribution in [0.2, 0.25) is 0 Å². The first-order valence-electron chi connectivity index (χ1n) is 6.00. The summed E-state index contributed by atoms with van der Waals surface area (Å²) in [6.07, 6.45) is 2.34. The topological polar surface area (TPSA) is 64.0 Å². The normalized spacial score (nSPS) is 13.8. The molecule has 0 bridgehead atoms. The summed E-state index contributed by atoms with van der Waals surface area (Å²) in [5, 5.41) is 0.0833. The summed E-state index contributed by atoms with van der Waals surface area (Å²) >= 11 is 5.61. The Hall–Kier alpha value is -0.590. The average molecular weight is 294 g/mol. The van der Waals surface area contributed by atoms with Gasteiger partial charge in [-0.25, -0.2) is 18.1 Å². The number of nitrogens with one attached hydrogen (secondary N) is 1. The summed E-state index contributed by atoms with van der Waals surface area (Å²) in [5.74, 6) is 1.45. The molecule has 0 aromatic carbocycles. The van der Waals surface area contributed by atoms with Gasteiger partial charge in [-0.15, -0.1) is 11.6 Å². The molecule has 18 heavy (non-hydrogen) atoms. The minimum absolute atomic E-state index is 0.0833. The summed E-state index contributed by atoms with van der Waals surface area (Å²) in [6.45, 7) is 6.78. The smallest absolute Gasteiger partial charge is 0.259 e. The molecule has 0 aliphatic rings. The number of imidazole rings is 1. The van der Waals surface area contributed by atoms with Crippen molar-refractivity contribution < 1.29 is 8.42 Å². The van der Waals surface area contributed by atoms with E-state index in [4.69, 9.17) is 11.6 Å². The number of hydrogen-bond acceptors (Lipinski definition) is 3. The third kappa shape index (κ3) is 3.96. The number of sulfonamides is 1. The van der Waals surface area contributed by atoms with Crippen molar-refractivity contribution >= 4 is 21.6 Å². The van der Waals surface area contributed by atoms with Crippen LogP contribution in [0, 0.1) is 12.8 Å². The first-order chi connectivity index (χ1) is 8.40. The fourth-order valence-electron chi connectivity index (χ4n) is 1.54. The van der Waals surface area contributed by atoms with Crippen LogP contribution in [0.1, 0.15) is 26.1 Å². The van der Waals surface area contributed by atoms with Crippen molar-refractivity contribution in [3.63, 3.8) is 0 Å². The molecular weight excluding hydrogens is 274 g/mol. The zero-order valence-corrected chi connectivity index (χ0v) is 12.6. The van der Waals surface area contributed by atoms with Crippen molar-refractivity contribution in [1.82, 2.24) is 14.3 Å². The standard InChI is InChI=1S/C11H20ClN3O2S/c1-4-15-8-11(14-10(15)3)18(16,17)13-7-9(2)5-6-12/h8-9,13H,4-7H2,1-3H3. The largest absolute Gasteiger partial charge is 0.334 e. The van der Waals surface area contributed by atoms with Gasteiger partial charge in [0.1, 0.15) is 5.82 Å². The van der Waals surface area contributed by atoms with Crippen LogP contribution in [-0.2, 0) is 16.6 Å². The van der Waals surface area contributed by atoms with Gasteiger partial charge in [0, 0.05) is 25.2 Å². The lowest BCUT2D eigenvalue weighted by atomic mass is 10.1. The zero-order chi connectivity index (χ0) is 13.8. The van der Waals surface area contributed by atoms with Gasteiger partial charge < -0.3 is 4.57 Å². The van der Waals surface area contributed by atoms with E-state index in [1.54, 1.807) is 17.7 Å². The maximum Gasteiger partial charge on any atom is 0.259 e. The van der Waals surface area contributed by atoms with Gasteiger partial charge in [0.25, 0.3) is 10.0 Å². The second-order valence-corrected chi connectivity index (χ2v) is 6.44. The average Bonchev–Trinajstić information content (AvgIpc) is 2.69. The third-order valence-electron chi connectivity index (χ3n) is 2.79. The summed E-state index contributed by atoms with van der Waals surface area (Å²) < 4.78 is 28.4. The van der Waals surface area contributed by atoms with Crippen LogP contribution in [0.15, 0.2) is 11.2 Å².